The molecule has 2 N–H and O–H groups in total. The van der Waals surface area contributed by atoms with Crippen LogP contribution in [0.25, 0.3) is 22.3 Å². The van der Waals surface area contributed by atoms with Gasteiger partial charge in [-0.05, 0) is 47.4 Å². The van der Waals surface area contributed by atoms with Gasteiger partial charge in [0.05, 0.1) is 16.8 Å². The third kappa shape index (κ3) is 6.18. The number of hydrogen-bond acceptors (Lipinski definition) is 5. The first-order valence-corrected chi connectivity index (χ1v) is 12.9. The molecule has 0 bridgehead atoms. The van der Waals surface area contributed by atoms with Gasteiger partial charge in [0.15, 0.2) is 0 Å². The van der Waals surface area contributed by atoms with Crippen molar-refractivity contribution in [1.82, 2.24) is 15.1 Å². The number of hydrogen-bond donors (Lipinski definition) is 2. The van der Waals surface area contributed by atoms with Gasteiger partial charge in [0.2, 0.25) is 15.9 Å². The van der Waals surface area contributed by atoms with Crippen molar-refractivity contribution in [3.8, 4) is 16.3 Å². The first-order chi connectivity index (χ1) is 15.9. The van der Waals surface area contributed by atoms with Crippen LogP contribution in [0.5, 0.6) is 0 Å². The first-order valence-electron chi connectivity index (χ1n) is 10.1. The lowest BCUT2D eigenvalue weighted by atomic mass is 10.2. The Hall–Kier alpha value is -3.69. The van der Waals surface area contributed by atoms with E-state index >= 15 is 0 Å². The van der Waals surface area contributed by atoms with Crippen molar-refractivity contribution in [3.63, 3.8) is 0 Å². The van der Waals surface area contributed by atoms with Crippen molar-refractivity contribution in [2.24, 2.45) is 0 Å². The standard InChI is InChI=1S/C24H22N4O3S2/c1-33(30,31)27-20-8-5-7-18(15-20)16-25-23(29)13-12-19-17-28(21-9-3-2-4-10-21)26-24(19)22-11-6-14-32-22/h2-15,17,27H,16H2,1H3,(H,25,29)/b13-12+. The Morgan fingerprint density at radius 3 is 2.64 bits per heavy atom. The molecule has 0 atom stereocenters. The molecule has 0 aliphatic carbocycles. The topological polar surface area (TPSA) is 93.1 Å². The number of rotatable bonds is 8. The Morgan fingerprint density at radius 2 is 1.91 bits per heavy atom. The second-order valence-electron chi connectivity index (χ2n) is 7.32. The maximum atomic E-state index is 12.4. The predicted molar refractivity (Wildman–Crippen MR) is 133 cm³/mol. The summed E-state index contributed by atoms with van der Waals surface area (Å²) in [6.45, 7) is 0.267. The summed E-state index contributed by atoms with van der Waals surface area (Å²) in [4.78, 5) is 13.5. The maximum Gasteiger partial charge on any atom is 0.244 e. The average Bonchev–Trinajstić information content (AvgIpc) is 3.46. The second-order valence-corrected chi connectivity index (χ2v) is 10.0. The van der Waals surface area contributed by atoms with E-state index in [2.05, 4.69) is 10.0 Å². The SMILES string of the molecule is CS(=O)(=O)Nc1cccc(CNC(=O)/C=C/c2cn(-c3ccccc3)nc2-c2cccs2)c1. The van der Waals surface area contributed by atoms with E-state index in [1.54, 1.807) is 40.3 Å². The molecule has 0 saturated heterocycles. The molecule has 4 aromatic rings. The third-order valence-electron chi connectivity index (χ3n) is 4.63. The Morgan fingerprint density at radius 1 is 1.09 bits per heavy atom. The van der Waals surface area contributed by atoms with Crippen molar-refractivity contribution in [1.29, 1.82) is 0 Å². The molecule has 33 heavy (non-hydrogen) atoms. The summed E-state index contributed by atoms with van der Waals surface area (Å²) in [5, 5.41) is 9.54. The first kappa shape index (κ1) is 22.5. The zero-order valence-electron chi connectivity index (χ0n) is 17.8. The van der Waals surface area contributed by atoms with Gasteiger partial charge in [-0.3, -0.25) is 9.52 Å². The van der Waals surface area contributed by atoms with Crippen LogP contribution in [0.15, 0.2) is 84.4 Å². The Labute approximate surface area is 196 Å². The van der Waals surface area contributed by atoms with Crippen molar-refractivity contribution < 1.29 is 13.2 Å². The minimum absolute atomic E-state index is 0.263. The maximum absolute atomic E-state index is 12.4. The number of thiophene rings is 1. The lowest BCUT2D eigenvalue weighted by Gasteiger charge is -2.07. The molecule has 0 aliphatic heterocycles. The summed E-state index contributed by atoms with van der Waals surface area (Å²) in [6, 6.07) is 20.6. The molecule has 168 valence electrons. The van der Waals surface area contributed by atoms with Gasteiger partial charge in [-0.2, -0.15) is 5.10 Å². The highest BCUT2D eigenvalue weighted by Gasteiger charge is 2.12. The van der Waals surface area contributed by atoms with Crippen LogP contribution in [0, 0.1) is 0 Å². The molecular formula is C24H22N4O3S2. The lowest BCUT2D eigenvalue weighted by molar-refractivity contribution is -0.116. The van der Waals surface area contributed by atoms with E-state index in [9.17, 15) is 13.2 Å². The highest BCUT2D eigenvalue weighted by Crippen LogP contribution is 2.28. The van der Waals surface area contributed by atoms with Crippen LogP contribution in [0.2, 0.25) is 0 Å². The minimum atomic E-state index is -3.36. The van der Waals surface area contributed by atoms with E-state index in [0.717, 1.165) is 33.6 Å². The molecule has 7 nitrogen and oxygen atoms in total. The van der Waals surface area contributed by atoms with Crippen molar-refractivity contribution in [2.75, 3.05) is 11.0 Å². The molecule has 2 heterocycles. The number of sulfonamides is 1. The molecule has 2 aromatic carbocycles. The molecule has 0 fully saturated rings. The summed E-state index contributed by atoms with van der Waals surface area (Å²) in [6.07, 6.45) is 6.21. The molecule has 4 rings (SSSR count). The minimum Gasteiger partial charge on any atom is -0.348 e. The van der Waals surface area contributed by atoms with Crippen LogP contribution < -0.4 is 10.0 Å². The third-order valence-corrected chi connectivity index (χ3v) is 6.11. The number of para-hydroxylation sites is 1. The predicted octanol–water partition coefficient (Wildman–Crippen LogP) is 4.30. The fourth-order valence-electron chi connectivity index (χ4n) is 3.20. The Bertz CT molecular complexity index is 1380. The number of aromatic nitrogens is 2. The number of nitrogens with zero attached hydrogens (tertiary/aromatic N) is 2. The highest BCUT2D eigenvalue weighted by molar-refractivity contribution is 7.92. The summed E-state index contributed by atoms with van der Waals surface area (Å²) in [5.41, 5.74) is 3.80. The number of anilines is 1. The van der Waals surface area contributed by atoms with Gasteiger partial charge < -0.3 is 5.32 Å². The Kier molecular flexibility index (Phi) is 6.71. The lowest BCUT2D eigenvalue weighted by Crippen LogP contribution is -2.20. The van der Waals surface area contributed by atoms with Crippen LogP contribution in [0.3, 0.4) is 0 Å². The number of benzene rings is 2. The van der Waals surface area contributed by atoms with Crippen LogP contribution >= 0.6 is 11.3 Å². The molecule has 2 aromatic heterocycles. The second kappa shape index (κ2) is 9.85. The largest absolute Gasteiger partial charge is 0.348 e. The summed E-state index contributed by atoms with van der Waals surface area (Å²) in [7, 11) is -3.36. The smallest absolute Gasteiger partial charge is 0.244 e. The molecule has 0 radical (unpaired) electrons. The van der Waals surface area contributed by atoms with Crippen molar-refractivity contribution in [3.05, 3.63) is 95.5 Å². The molecule has 0 spiro atoms. The molecule has 9 heteroatoms. The quantitative estimate of drug-likeness (QED) is 0.369. The number of carbonyl (C=O) groups is 1. The van der Waals surface area contributed by atoms with E-state index in [4.69, 9.17) is 5.10 Å². The van der Waals surface area contributed by atoms with Crippen molar-refractivity contribution in [2.45, 2.75) is 6.54 Å². The molecule has 1 amide bonds. The number of amides is 1. The molecule has 0 aliphatic rings. The van der Waals surface area contributed by atoms with Gasteiger partial charge in [0.1, 0.15) is 5.69 Å². The normalized spacial score (nSPS) is 11.5. The van der Waals surface area contributed by atoms with E-state index in [1.165, 1.54) is 6.08 Å². The molecule has 0 saturated carbocycles. The summed E-state index contributed by atoms with van der Waals surface area (Å²) >= 11 is 1.59. The van der Waals surface area contributed by atoms with Gasteiger partial charge in [0, 0.05) is 30.1 Å². The van der Waals surface area contributed by atoms with Gasteiger partial charge >= 0.3 is 0 Å². The average molecular weight is 479 g/mol. The number of nitrogens with one attached hydrogen (secondary N) is 2. The van der Waals surface area contributed by atoms with Gasteiger partial charge in [-0.15, -0.1) is 11.3 Å². The zero-order chi connectivity index (χ0) is 23.3. The molecular weight excluding hydrogens is 456 g/mol. The fourth-order valence-corrected chi connectivity index (χ4v) is 4.49. The van der Waals surface area contributed by atoms with Crippen LogP contribution in [-0.2, 0) is 21.4 Å². The monoisotopic (exact) mass is 478 g/mol. The van der Waals surface area contributed by atoms with Gasteiger partial charge in [0.25, 0.3) is 0 Å². The molecule has 0 unspecified atom stereocenters. The highest BCUT2D eigenvalue weighted by atomic mass is 32.2. The van der Waals surface area contributed by atoms with E-state index in [1.807, 2.05) is 60.1 Å². The van der Waals surface area contributed by atoms with Gasteiger partial charge in [-0.1, -0.05) is 36.4 Å². The fraction of sp³-hybridized carbons (Fsp3) is 0.0833. The van der Waals surface area contributed by atoms with Crippen LogP contribution in [0.1, 0.15) is 11.1 Å². The van der Waals surface area contributed by atoms with E-state index in [-0.39, 0.29) is 12.5 Å². The summed E-state index contributed by atoms with van der Waals surface area (Å²) in [5.74, 6) is -0.263. The van der Waals surface area contributed by atoms with E-state index in [0.29, 0.717) is 5.69 Å². The number of carbonyl (C=O) groups excluding carboxylic acids is 1. The zero-order valence-corrected chi connectivity index (χ0v) is 19.4. The summed E-state index contributed by atoms with van der Waals surface area (Å²) < 4.78 is 27.0. The van der Waals surface area contributed by atoms with Crippen LogP contribution in [-0.4, -0.2) is 30.4 Å². The van der Waals surface area contributed by atoms with Crippen molar-refractivity contribution >= 4 is 39.0 Å². The van der Waals surface area contributed by atoms with Crippen LogP contribution in [0.4, 0.5) is 5.69 Å². The Balaban J connectivity index is 1.48. The van der Waals surface area contributed by atoms with Gasteiger partial charge in [-0.25, -0.2) is 13.1 Å². The van der Waals surface area contributed by atoms with E-state index < -0.39 is 10.0 Å².